The molecule has 8 heteroatoms. The summed E-state index contributed by atoms with van der Waals surface area (Å²) in [5.74, 6) is 0.283. The van der Waals surface area contributed by atoms with E-state index in [-0.39, 0.29) is 36.1 Å². The summed E-state index contributed by atoms with van der Waals surface area (Å²) in [5.41, 5.74) is 2.79. The molecular weight excluding hydrogens is 436 g/mol. The monoisotopic (exact) mass is 464 g/mol. The predicted octanol–water partition coefficient (Wildman–Crippen LogP) is 3.52. The highest BCUT2D eigenvalue weighted by molar-refractivity contribution is 7.99. The van der Waals surface area contributed by atoms with Crippen LogP contribution >= 0.6 is 11.8 Å². The van der Waals surface area contributed by atoms with Crippen LogP contribution in [0, 0.1) is 11.3 Å². The smallest absolute Gasteiger partial charge is 0.251 e. The number of carbonyl (C=O) groups excluding carboxylic acids is 3. The zero-order valence-corrected chi connectivity index (χ0v) is 19.9. The molecule has 2 aromatic carbocycles. The third-order valence-corrected chi connectivity index (χ3v) is 6.44. The van der Waals surface area contributed by atoms with Gasteiger partial charge in [0.2, 0.25) is 11.8 Å². The first kappa shape index (κ1) is 24.3. The van der Waals surface area contributed by atoms with Crippen molar-refractivity contribution in [1.82, 2.24) is 10.2 Å². The Bertz CT molecular complexity index is 1050. The van der Waals surface area contributed by atoms with Crippen LogP contribution in [-0.4, -0.2) is 46.8 Å². The van der Waals surface area contributed by atoms with E-state index in [1.807, 2.05) is 18.2 Å². The molecule has 1 aliphatic heterocycles. The molecule has 0 radical (unpaired) electrons. The lowest BCUT2D eigenvalue weighted by atomic mass is 9.87. The topological polar surface area (TPSA) is 102 Å². The van der Waals surface area contributed by atoms with Gasteiger partial charge in [-0.3, -0.25) is 14.4 Å². The van der Waals surface area contributed by atoms with Gasteiger partial charge in [0, 0.05) is 30.0 Å². The van der Waals surface area contributed by atoms with E-state index in [0.717, 1.165) is 5.56 Å². The fourth-order valence-electron chi connectivity index (χ4n) is 3.41. The van der Waals surface area contributed by atoms with Crippen LogP contribution in [-0.2, 0) is 15.0 Å². The molecule has 3 rings (SSSR count). The van der Waals surface area contributed by atoms with Crippen molar-refractivity contribution >= 4 is 35.2 Å². The minimum atomic E-state index is -0.571. The summed E-state index contributed by atoms with van der Waals surface area (Å²) in [7, 11) is 0. The summed E-state index contributed by atoms with van der Waals surface area (Å²) in [6, 6.07) is 15.5. The summed E-state index contributed by atoms with van der Waals surface area (Å²) in [6.07, 6.45) is 0.118. The largest absolute Gasteiger partial charge is 0.352 e. The number of nitrogens with one attached hydrogen (secondary N) is 2. The summed E-state index contributed by atoms with van der Waals surface area (Å²) < 4.78 is 0. The van der Waals surface area contributed by atoms with Crippen LogP contribution in [0.3, 0.4) is 0 Å². The number of benzene rings is 2. The van der Waals surface area contributed by atoms with Crippen molar-refractivity contribution in [3.05, 3.63) is 65.2 Å². The molecule has 0 saturated carbocycles. The molecule has 0 spiro atoms. The minimum absolute atomic E-state index is 0.0120. The molecule has 1 atom stereocenters. The van der Waals surface area contributed by atoms with Crippen molar-refractivity contribution in [2.24, 2.45) is 0 Å². The Balaban J connectivity index is 1.50. The molecule has 1 unspecified atom stereocenters. The molecule has 1 fully saturated rings. The third kappa shape index (κ3) is 6.36. The lowest BCUT2D eigenvalue weighted by molar-refractivity contribution is -0.136. The van der Waals surface area contributed by atoms with Crippen molar-refractivity contribution in [2.45, 2.75) is 38.6 Å². The second-order valence-electron chi connectivity index (χ2n) is 8.89. The van der Waals surface area contributed by atoms with Gasteiger partial charge in [-0.2, -0.15) is 5.26 Å². The van der Waals surface area contributed by atoms with Gasteiger partial charge in [-0.25, -0.2) is 0 Å². The molecule has 0 bridgehead atoms. The average molecular weight is 465 g/mol. The van der Waals surface area contributed by atoms with Crippen LogP contribution in [0.2, 0.25) is 0 Å². The predicted molar refractivity (Wildman–Crippen MR) is 130 cm³/mol. The molecule has 3 amide bonds. The Morgan fingerprint density at radius 2 is 1.76 bits per heavy atom. The second-order valence-corrected chi connectivity index (χ2v) is 9.89. The number of anilines is 1. The van der Waals surface area contributed by atoms with Crippen molar-refractivity contribution in [3.63, 3.8) is 0 Å². The lowest BCUT2D eigenvalue weighted by Gasteiger charge is -2.23. The first-order valence-electron chi connectivity index (χ1n) is 10.8. The molecule has 7 nitrogen and oxygen atoms in total. The Labute approximate surface area is 198 Å². The minimum Gasteiger partial charge on any atom is -0.352 e. The molecule has 1 aliphatic rings. The SMILES string of the molecule is CC(C)(C)c1ccc(C(=O)NCCC(=O)N2CSCC2C(=O)Nc2ccc(C#N)cc2)cc1. The maximum Gasteiger partial charge on any atom is 0.251 e. The van der Waals surface area contributed by atoms with Gasteiger partial charge in [0.25, 0.3) is 5.91 Å². The fraction of sp³-hybridized carbons (Fsp3) is 0.360. The Kier molecular flexibility index (Phi) is 7.77. The molecule has 0 aromatic heterocycles. The molecule has 2 aromatic rings. The molecule has 0 aliphatic carbocycles. The maximum atomic E-state index is 12.7. The summed E-state index contributed by atoms with van der Waals surface area (Å²) >= 11 is 1.52. The highest BCUT2D eigenvalue weighted by atomic mass is 32.2. The van der Waals surface area contributed by atoms with Crippen LogP contribution in [0.1, 0.15) is 48.7 Å². The number of nitrogens with zero attached hydrogens (tertiary/aromatic N) is 2. The number of hydrogen-bond donors (Lipinski definition) is 2. The van der Waals surface area contributed by atoms with Crippen molar-refractivity contribution in [3.8, 4) is 6.07 Å². The van der Waals surface area contributed by atoms with Crippen LogP contribution in [0.25, 0.3) is 0 Å². The van der Waals surface area contributed by atoms with Gasteiger partial charge in [0.1, 0.15) is 6.04 Å². The first-order chi connectivity index (χ1) is 15.7. The molecule has 33 heavy (non-hydrogen) atoms. The average Bonchev–Trinajstić information content (AvgIpc) is 3.29. The zero-order chi connectivity index (χ0) is 24.0. The van der Waals surface area contributed by atoms with Crippen molar-refractivity contribution in [1.29, 1.82) is 5.26 Å². The third-order valence-electron chi connectivity index (χ3n) is 5.42. The Hall–Kier alpha value is -3.31. The van der Waals surface area contributed by atoms with Gasteiger partial charge < -0.3 is 15.5 Å². The van der Waals surface area contributed by atoms with Crippen molar-refractivity contribution in [2.75, 3.05) is 23.5 Å². The number of hydrogen-bond acceptors (Lipinski definition) is 5. The summed E-state index contributed by atoms with van der Waals surface area (Å²) in [5, 5.41) is 14.5. The van der Waals surface area contributed by atoms with Crippen molar-refractivity contribution < 1.29 is 14.4 Å². The van der Waals surface area contributed by atoms with Gasteiger partial charge in [0.05, 0.1) is 17.5 Å². The maximum absolute atomic E-state index is 12.7. The molecule has 172 valence electrons. The van der Waals surface area contributed by atoms with Gasteiger partial charge in [-0.15, -0.1) is 11.8 Å². The highest BCUT2D eigenvalue weighted by Crippen LogP contribution is 2.24. The summed E-state index contributed by atoms with van der Waals surface area (Å²) in [6.45, 7) is 6.54. The molecule has 2 N–H and O–H groups in total. The van der Waals surface area contributed by atoms with E-state index in [9.17, 15) is 14.4 Å². The molecule has 1 heterocycles. The number of rotatable bonds is 6. The number of nitriles is 1. The van der Waals surface area contributed by atoms with E-state index in [1.54, 1.807) is 41.3 Å². The fourth-order valence-corrected chi connectivity index (χ4v) is 4.59. The van der Waals surface area contributed by atoms with Crippen LogP contribution in [0.15, 0.2) is 48.5 Å². The van der Waals surface area contributed by atoms with Gasteiger partial charge >= 0.3 is 0 Å². The normalized spacial score (nSPS) is 15.6. The van der Waals surface area contributed by atoms with Gasteiger partial charge in [0.15, 0.2) is 0 Å². The summed E-state index contributed by atoms with van der Waals surface area (Å²) in [4.78, 5) is 39.4. The molecular formula is C25H28N4O3S. The van der Waals surface area contributed by atoms with Gasteiger partial charge in [-0.1, -0.05) is 32.9 Å². The quantitative estimate of drug-likeness (QED) is 0.681. The Morgan fingerprint density at radius 3 is 2.36 bits per heavy atom. The standard InChI is InChI=1S/C25H28N4O3S/c1-25(2,3)19-8-6-18(7-9-19)23(31)27-13-12-22(30)29-16-33-15-21(29)24(32)28-20-10-4-17(14-26)5-11-20/h4-11,21H,12-13,15-16H2,1-3H3,(H,27,31)(H,28,32). The first-order valence-corrected chi connectivity index (χ1v) is 11.9. The lowest BCUT2D eigenvalue weighted by Crippen LogP contribution is -2.45. The van der Waals surface area contributed by atoms with Crippen LogP contribution in [0.4, 0.5) is 5.69 Å². The Morgan fingerprint density at radius 1 is 1.09 bits per heavy atom. The van der Waals surface area contributed by atoms with E-state index in [4.69, 9.17) is 5.26 Å². The zero-order valence-electron chi connectivity index (χ0n) is 19.1. The van der Waals surface area contributed by atoms with E-state index in [2.05, 4.69) is 31.4 Å². The van der Waals surface area contributed by atoms with E-state index >= 15 is 0 Å². The van der Waals surface area contributed by atoms with E-state index in [1.165, 1.54) is 11.8 Å². The van der Waals surface area contributed by atoms with E-state index in [0.29, 0.717) is 28.4 Å². The molecule has 1 saturated heterocycles. The van der Waals surface area contributed by atoms with Crippen LogP contribution < -0.4 is 10.6 Å². The number of carbonyl (C=O) groups is 3. The van der Waals surface area contributed by atoms with Gasteiger partial charge in [-0.05, 0) is 47.4 Å². The number of thioether (sulfide) groups is 1. The second kappa shape index (κ2) is 10.5. The number of amides is 3. The highest BCUT2D eigenvalue weighted by Gasteiger charge is 2.34. The van der Waals surface area contributed by atoms with E-state index < -0.39 is 6.04 Å². The van der Waals surface area contributed by atoms with Crippen LogP contribution in [0.5, 0.6) is 0 Å².